The van der Waals surface area contributed by atoms with E-state index in [2.05, 4.69) is 39.5 Å². The van der Waals surface area contributed by atoms with Crippen LogP contribution in [0.25, 0.3) is 0 Å². The molecule has 1 atom stereocenters. The van der Waals surface area contributed by atoms with Gasteiger partial charge in [0.25, 0.3) is 0 Å². The van der Waals surface area contributed by atoms with Crippen molar-refractivity contribution in [1.29, 1.82) is 0 Å². The van der Waals surface area contributed by atoms with E-state index in [0.29, 0.717) is 0 Å². The molecule has 0 aromatic heterocycles. The molecule has 0 amide bonds. The minimum absolute atomic E-state index is 0.000362. The summed E-state index contributed by atoms with van der Waals surface area (Å²) in [6.45, 7) is 13.6. The molecule has 0 saturated carbocycles. The summed E-state index contributed by atoms with van der Waals surface area (Å²) < 4.78 is 0. The number of nitrogens with zero attached hydrogens (tertiary/aromatic N) is 1. The first kappa shape index (κ1) is 13.9. The third-order valence-corrected chi connectivity index (χ3v) is 2.71. The standard InChI is InChI=1S/C12H27NO/c1-6-8-9-13(7-2)10-11(14)12(3,4)5/h11,14H,6-10H2,1-5H3. The van der Waals surface area contributed by atoms with Crippen molar-refractivity contribution in [3.63, 3.8) is 0 Å². The van der Waals surface area contributed by atoms with Crippen LogP contribution in [0.15, 0.2) is 0 Å². The van der Waals surface area contributed by atoms with E-state index < -0.39 is 0 Å². The first-order chi connectivity index (χ1) is 6.41. The van der Waals surface area contributed by atoms with Gasteiger partial charge >= 0.3 is 0 Å². The molecule has 1 N–H and O–H groups in total. The summed E-state index contributed by atoms with van der Waals surface area (Å²) in [4.78, 5) is 2.33. The third kappa shape index (κ3) is 5.61. The maximum atomic E-state index is 9.94. The molecule has 0 aromatic rings. The van der Waals surface area contributed by atoms with Crippen molar-refractivity contribution in [1.82, 2.24) is 4.90 Å². The molecular weight excluding hydrogens is 174 g/mol. The lowest BCUT2D eigenvalue weighted by Crippen LogP contribution is -2.39. The molecule has 14 heavy (non-hydrogen) atoms. The number of hydrogen-bond acceptors (Lipinski definition) is 2. The lowest BCUT2D eigenvalue weighted by molar-refractivity contribution is 0.0294. The molecule has 1 unspecified atom stereocenters. The lowest BCUT2D eigenvalue weighted by Gasteiger charge is -2.31. The van der Waals surface area contributed by atoms with Crippen LogP contribution in [-0.2, 0) is 0 Å². The number of likely N-dealkylation sites (N-methyl/N-ethyl adjacent to an activating group) is 1. The summed E-state index contributed by atoms with van der Waals surface area (Å²) in [5.41, 5.74) is -0.000362. The predicted octanol–water partition coefficient (Wildman–Crippen LogP) is 2.52. The van der Waals surface area contributed by atoms with Gasteiger partial charge in [-0.15, -0.1) is 0 Å². The van der Waals surface area contributed by atoms with Crippen LogP contribution in [0.3, 0.4) is 0 Å². The van der Waals surface area contributed by atoms with Gasteiger partial charge in [-0.1, -0.05) is 41.0 Å². The van der Waals surface area contributed by atoms with E-state index in [9.17, 15) is 5.11 Å². The maximum absolute atomic E-state index is 9.94. The predicted molar refractivity (Wildman–Crippen MR) is 62.5 cm³/mol. The van der Waals surface area contributed by atoms with E-state index in [4.69, 9.17) is 0 Å². The topological polar surface area (TPSA) is 23.5 Å². The van der Waals surface area contributed by atoms with E-state index in [-0.39, 0.29) is 11.5 Å². The van der Waals surface area contributed by atoms with Gasteiger partial charge in [0.1, 0.15) is 0 Å². The van der Waals surface area contributed by atoms with Gasteiger partial charge in [0.2, 0.25) is 0 Å². The first-order valence-electron chi connectivity index (χ1n) is 5.82. The maximum Gasteiger partial charge on any atom is 0.0715 e. The van der Waals surface area contributed by atoms with E-state index in [1.165, 1.54) is 12.8 Å². The molecule has 0 aromatic carbocycles. The summed E-state index contributed by atoms with van der Waals surface area (Å²) >= 11 is 0. The summed E-state index contributed by atoms with van der Waals surface area (Å²) in [7, 11) is 0. The Hall–Kier alpha value is -0.0800. The Morgan fingerprint density at radius 2 is 1.79 bits per heavy atom. The van der Waals surface area contributed by atoms with Crippen molar-refractivity contribution in [2.75, 3.05) is 19.6 Å². The van der Waals surface area contributed by atoms with Crippen LogP contribution in [0.2, 0.25) is 0 Å². The van der Waals surface area contributed by atoms with Gasteiger partial charge in [0.15, 0.2) is 0 Å². The molecule has 0 heterocycles. The Labute approximate surface area is 89.3 Å². The Morgan fingerprint density at radius 1 is 1.21 bits per heavy atom. The average molecular weight is 201 g/mol. The van der Waals surface area contributed by atoms with Crippen molar-refractivity contribution in [2.45, 2.75) is 53.6 Å². The molecule has 86 valence electrons. The van der Waals surface area contributed by atoms with E-state index >= 15 is 0 Å². The smallest absolute Gasteiger partial charge is 0.0715 e. The Morgan fingerprint density at radius 3 is 2.14 bits per heavy atom. The zero-order valence-electron chi connectivity index (χ0n) is 10.5. The van der Waals surface area contributed by atoms with Crippen LogP contribution in [0, 0.1) is 5.41 Å². The van der Waals surface area contributed by atoms with Gasteiger partial charge in [0.05, 0.1) is 6.10 Å². The second kappa shape index (κ2) is 6.41. The Kier molecular flexibility index (Phi) is 6.38. The van der Waals surface area contributed by atoms with Crippen molar-refractivity contribution in [2.24, 2.45) is 5.41 Å². The molecule has 0 saturated heterocycles. The van der Waals surface area contributed by atoms with Crippen molar-refractivity contribution in [3.05, 3.63) is 0 Å². The van der Waals surface area contributed by atoms with E-state index in [0.717, 1.165) is 19.6 Å². The molecule has 2 heteroatoms. The average Bonchev–Trinajstić information content (AvgIpc) is 2.10. The summed E-state index contributed by atoms with van der Waals surface area (Å²) in [6, 6.07) is 0. The fourth-order valence-corrected chi connectivity index (χ4v) is 1.28. The molecule has 0 aliphatic rings. The fourth-order valence-electron chi connectivity index (χ4n) is 1.28. The molecule has 0 radical (unpaired) electrons. The summed E-state index contributed by atoms with van der Waals surface area (Å²) in [5, 5.41) is 9.94. The highest BCUT2D eigenvalue weighted by Crippen LogP contribution is 2.19. The summed E-state index contributed by atoms with van der Waals surface area (Å²) in [6.07, 6.45) is 2.23. The quantitative estimate of drug-likeness (QED) is 0.714. The second-order valence-electron chi connectivity index (χ2n) is 5.13. The monoisotopic (exact) mass is 201 g/mol. The Bertz CT molecular complexity index is 140. The molecule has 0 bridgehead atoms. The Balaban J connectivity index is 3.92. The largest absolute Gasteiger partial charge is 0.391 e. The summed E-state index contributed by atoms with van der Waals surface area (Å²) in [5.74, 6) is 0. The highest BCUT2D eigenvalue weighted by atomic mass is 16.3. The molecule has 2 nitrogen and oxygen atoms in total. The fraction of sp³-hybridized carbons (Fsp3) is 1.00. The molecule has 0 rings (SSSR count). The van der Waals surface area contributed by atoms with Crippen molar-refractivity contribution >= 4 is 0 Å². The van der Waals surface area contributed by atoms with Gasteiger partial charge in [-0.3, -0.25) is 0 Å². The van der Waals surface area contributed by atoms with Crippen LogP contribution in [0.4, 0.5) is 0 Å². The molecule has 0 spiro atoms. The first-order valence-corrected chi connectivity index (χ1v) is 5.82. The van der Waals surface area contributed by atoms with Crippen LogP contribution >= 0.6 is 0 Å². The SMILES string of the molecule is CCCCN(CC)CC(O)C(C)(C)C. The molecule has 0 fully saturated rings. The highest BCUT2D eigenvalue weighted by molar-refractivity contribution is 4.75. The van der Waals surface area contributed by atoms with Crippen LogP contribution in [0.1, 0.15) is 47.5 Å². The van der Waals surface area contributed by atoms with Gasteiger partial charge in [-0.2, -0.15) is 0 Å². The second-order valence-corrected chi connectivity index (χ2v) is 5.13. The number of rotatable bonds is 6. The number of hydrogen-bond donors (Lipinski definition) is 1. The number of aliphatic hydroxyl groups excluding tert-OH is 1. The van der Waals surface area contributed by atoms with E-state index in [1.54, 1.807) is 0 Å². The third-order valence-electron chi connectivity index (χ3n) is 2.71. The minimum atomic E-state index is -0.223. The van der Waals surface area contributed by atoms with Gasteiger partial charge < -0.3 is 10.0 Å². The van der Waals surface area contributed by atoms with Gasteiger partial charge in [-0.05, 0) is 24.9 Å². The number of aliphatic hydroxyl groups is 1. The number of unbranched alkanes of at least 4 members (excludes halogenated alkanes) is 1. The molecule has 0 aliphatic heterocycles. The lowest BCUT2D eigenvalue weighted by atomic mass is 9.89. The molecular formula is C12H27NO. The van der Waals surface area contributed by atoms with E-state index in [1.807, 2.05) is 0 Å². The van der Waals surface area contributed by atoms with Crippen molar-refractivity contribution in [3.8, 4) is 0 Å². The normalized spacial score (nSPS) is 14.8. The highest BCUT2D eigenvalue weighted by Gasteiger charge is 2.23. The minimum Gasteiger partial charge on any atom is -0.391 e. The molecule has 0 aliphatic carbocycles. The van der Waals surface area contributed by atoms with Crippen LogP contribution in [-0.4, -0.2) is 35.7 Å². The zero-order valence-corrected chi connectivity index (χ0v) is 10.5. The van der Waals surface area contributed by atoms with Crippen molar-refractivity contribution < 1.29 is 5.11 Å². The van der Waals surface area contributed by atoms with Gasteiger partial charge in [-0.25, -0.2) is 0 Å². The van der Waals surface area contributed by atoms with Gasteiger partial charge in [0, 0.05) is 6.54 Å². The zero-order chi connectivity index (χ0) is 11.2. The van der Waals surface area contributed by atoms with Crippen LogP contribution < -0.4 is 0 Å². The van der Waals surface area contributed by atoms with Crippen LogP contribution in [0.5, 0.6) is 0 Å².